The Morgan fingerprint density at radius 1 is 1.10 bits per heavy atom. The second-order valence-electron chi connectivity index (χ2n) is 2.45. The molecule has 62 valence electrons. The molecule has 0 aliphatic heterocycles. The van der Waals surface area contributed by atoms with Crippen LogP contribution < -0.4 is 5.48 Å². The van der Waals surface area contributed by atoms with E-state index >= 15 is 0 Å². The molecule has 1 N–H and O–H groups in total. The molecule has 0 spiro atoms. The van der Waals surface area contributed by atoms with Crippen LogP contribution in [0.4, 0.5) is 0 Å². The zero-order chi connectivity index (χ0) is 7.66. The van der Waals surface area contributed by atoms with Gasteiger partial charge in [0.25, 0.3) is 0 Å². The van der Waals surface area contributed by atoms with Crippen LogP contribution >= 0.6 is 0 Å². The maximum absolute atomic E-state index is 5.13. The Kier molecular flexibility index (Phi) is 8.85. The number of hydroxylamine groups is 1. The van der Waals surface area contributed by atoms with Gasteiger partial charge in [-0.15, -0.1) is 0 Å². The molecule has 2 heteroatoms. The molecule has 10 heavy (non-hydrogen) atoms. The van der Waals surface area contributed by atoms with Gasteiger partial charge in [0, 0.05) is 6.54 Å². The highest BCUT2D eigenvalue weighted by Gasteiger charge is 1.85. The molecule has 0 saturated carbocycles. The fourth-order valence-electron chi connectivity index (χ4n) is 0.671. The van der Waals surface area contributed by atoms with Crippen LogP contribution in [0.1, 0.15) is 39.5 Å². The lowest BCUT2D eigenvalue weighted by atomic mass is 10.3. The van der Waals surface area contributed by atoms with Crippen LogP contribution in [0.5, 0.6) is 0 Å². The lowest BCUT2D eigenvalue weighted by molar-refractivity contribution is 0.0389. The largest absolute Gasteiger partial charge is 0.302 e. The van der Waals surface area contributed by atoms with E-state index in [1.807, 2.05) is 0 Å². The van der Waals surface area contributed by atoms with Crippen molar-refractivity contribution >= 4 is 0 Å². The summed E-state index contributed by atoms with van der Waals surface area (Å²) in [7, 11) is 0. The molecule has 0 fully saturated rings. The maximum atomic E-state index is 5.13. The average molecular weight is 145 g/mol. The van der Waals surface area contributed by atoms with E-state index in [2.05, 4.69) is 19.3 Å². The molecule has 0 bridgehead atoms. The Morgan fingerprint density at radius 2 is 1.90 bits per heavy atom. The summed E-state index contributed by atoms with van der Waals surface area (Å²) in [4.78, 5) is 5.13. The van der Waals surface area contributed by atoms with E-state index in [-0.39, 0.29) is 0 Å². The number of hydrogen-bond acceptors (Lipinski definition) is 2. The van der Waals surface area contributed by atoms with Crippen LogP contribution in [0.3, 0.4) is 0 Å². The Balaban J connectivity index is 2.65. The number of unbranched alkanes of at least 4 members (excludes halogenated alkanes) is 2. The molecule has 0 aromatic carbocycles. The van der Waals surface area contributed by atoms with Gasteiger partial charge >= 0.3 is 0 Å². The van der Waals surface area contributed by atoms with Crippen molar-refractivity contribution in [3.8, 4) is 0 Å². The predicted molar refractivity (Wildman–Crippen MR) is 43.8 cm³/mol. The lowest BCUT2D eigenvalue weighted by Crippen LogP contribution is -2.15. The molecule has 0 atom stereocenters. The third-order valence-corrected chi connectivity index (χ3v) is 1.30. The van der Waals surface area contributed by atoms with E-state index in [9.17, 15) is 0 Å². The van der Waals surface area contributed by atoms with Crippen LogP contribution in [-0.4, -0.2) is 13.2 Å². The third kappa shape index (κ3) is 7.92. The van der Waals surface area contributed by atoms with Gasteiger partial charge in [-0.05, 0) is 12.8 Å². The minimum atomic E-state index is 0.855. The zero-order valence-corrected chi connectivity index (χ0v) is 7.15. The van der Waals surface area contributed by atoms with Crippen molar-refractivity contribution in [1.82, 2.24) is 5.48 Å². The molecule has 2 nitrogen and oxygen atoms in total. The quantitative estimate of drug-likeness (QED) is 0.437. The molecule has 0 aliphatic carbocycles. The van der Waals surface area contributed by atoms with Gasteiger partial charge in [-0.3, -0.25) is 0 Å². The molecule has 0 saturated heterocycles. The van der Waals surface area contributed by atoms with Gasteiger partial charge in [-0.2, -0.15) is 0 Å². The molecule has 0 radical (unpaired) electrons. The minimum Gasteiger partial charge on any atom is -0.302 e. The average Bonchev–Trinajstić information content (AvgIpc) is 1.97. The summed E-state index contributed by atoms with van der Waals surface area (Å²) in [5, 5.41) is 0. The second kappa shape index (κ2) is 8.92. The van der Waals surface area contributed by atoms with Crippen molar-refractivity contribution in [3.63, 3.8) is 0 Å². The Labute approximate surface area is 63.9 Å². The summed E-state index contributed by atoms with van der Waals surface area (Å²) >= 11 is 0. The number of hydrogen-bond donors (Lipinski definition) is 1. The molecule has 0 aliphatic rings. The van der Waals surface area contributed by atoms with Crippen molar-refractivity contribution in [1.29, 1.82) is 0 Å². The molecular weight excluding hydrogens is 126 g/mol. The summed E-state index contributed by atoms with van der Waals surface area (Å²) in [5.74, 6) is 0. The summed E-state index contributed by atoms with van der Waals surface area (Å²) < 4.78 is 0. The second-order valence-corrected chi connectivity index (χ2v) is 2.45. The first-order valence-electron chi connectivity index (χ1n) is 4.26. The fourth-order valence-corrected chi connectivity index (χ4v) is 0.671. The first-order chi connectivity index (χ1) is 4.91. The van der Waals surface area contributed by atoms with Crippen molar-refractivity contribution in [2.24, 2.45) is 0 Å². The Morgan fingerprint density at radius 3 is 2.50 bits per heavy atom. The molecule has 0 heterocycles. The standard InChI is InChI=1S/C8H19NO/c1-3-5-6-8-10-9-7-4-2/h9H,3-8H2,1-2H3. The summed E-state index contributed by atoms with van der Waals surface area (Å²) in [6.45, 7) is 6.14. The monoisotopic (exact) mass is 145 g/mol. The van der Waals surface area contributed by atoms with E-state index in [4.69, 9.17) is 4.84 Å². The number of rotatable bonds is 7. The topological polar surface area (TPSA) is 21.3 Å². The highest BCUT2D eigenvalue weighted by atomic mass is 16.6. The van der Waals surface area contributed by atoms with Gasteiger partial charge in [0.05, 0.1) is 6.61 Å². The normalized spacial score (nSPS) is 10.2. The van der Waals surface area contributed by atoms with Crippen LogP contribution in [0, 0.1) is 0 Å². The maximum Gasteiger partial charge on any atom is 0.0682 e. The summed E-state index contributed by atoms with van der Waals surface area (Å²) in [6, 6.07) is 0. The van der Waals surface area contributed by atoms with E-state index in [0.717, 1.165) is 19.6 Å². The molecule has 0 amide bonds. The van der Waals surface area contributed by atoms with Crippen LogP contribution in [-0.2, 0) is 4.84 Å². The lowest BCUT2D eigenvalue weighted by Gasteiger charge is -2.02. The SMILES string of the molecule is CCCCCONCCC. The van der Waals surface area contributed by atoms with E-state index in [1.165, 1.54) is 19.3 Å². The van der Waals surface area contributed by atoms with Crippen LogP contribution in [0.25, 0.3) is 0 Å². The smallest absolute Gasteiger partial charge is 0.0682 e. The molecule has 0 aromatic rings. The van der Waals surface area contributed by atoms with Crippen molar-refractivity contribution in [3.05, 3.63) is 0 Å². The Hall–Kier alpha value is -0.0800. The van der Waals surface area contributed by atoms with Gasteiger partial charge in [-0.1, -0.05) is 26.7 Å². The third-order valence-electron chi connectivity index (χ3n) is 1.30. The van der Waals surface area contributed by atoms with Gasteiger partial charge < -0.3 is 4.84 Å². The van der Waals surface area contributed by atoms with E-state index in [1.54, 1.807) is 0 Å². The molecular formula is C8H19NO. The van der Waals surface area contributed by atoms with Crippen LogP contribution in [0.15, 0.2) is 0 Å². The van der Waals surface area contributed by atoms with E-state index < -0.39 is 0 Å². The van der Waals surface area contributed by atoms with Gasteiger partial charge in [-0.25, -0.2) is 5.48 Å². The minimum absolute atomic E-state index is 0.855. The van der Waals surface area contributed by atoms with Crippen molar-refractivity contribution < 1.29 is 4.84 Å². The van der Waals surface area contributed by atoms with Gasteiger partial charge in [0.2, 0.25) is 0 Å². The van der Waals surface area contributed by atoms with Crippen molar-refractivity contribution in [2.75, 3.05) is 13.2 Å². The molecule has 0 unspecified atom stereocenters. The predicted octanol–water partition coefficient (Wildman–Crippen LogP) is 2.11. The first-order valence-corrected chi connectivity index (χ1v) is 4.26. The van der Waals surface area contributed by atoms with Gasteiger partial charge in [0.1, 0.15) is 0 Å². The summed E-state index contributed by atoms with van der Waals surface area (Å²) in [6.07, 6.45) is 4.84. The van der Waals surface area contributed by atoms with Gasteiger partial charge in [0.15, 0.2) is 0 Å². The first kappa shape index (κ1) is 9.92. The Bertz CT molecular complexity index is 49.2. The summed E-state index contributed by atoms with van der Waals surface area (Å²) in [5.41, 5.74) is 2.89. The highest BCUT2D eigenvalue weighted by molar-refractivity contribution is 4.34. The number of nitrogens with one attached hydrogen (secondary N) is 1. The zero-order valence-electron chi connectivity index (χ0n) is 7.15. The molecule has 0 rings (SSSR count). The fraction of sp³-hybridized carbons (Fsp3) is 1.00. The van der Waals surface area contributed by atoms with Crippen molar-refractivity contribution in [2.45, 2.75) is 39.5 Å². The van der Waals surface area contributed by atoms with Crippen LogP contribution in [0.2, 0.25) is 0 Å². The highest BCUT2D eigenvalue weighted by Crippen LogP contribution is 1.92. The van der Waals surface area contributed by atoms with E-state index in [0.29, 0.717) is 0 Å². The molecule has 0 aromatic heterocycles.